The van der Waals surface area contributed by atoms with E-state index in [4.69, 9.17) is 0 Å². The first kappa shape index (κ1) is 6.93. The van der Waals surface area contributed by atoms with Gasteiger partial charge in [-0.2, -0.15) is 0 Å². The van der Waals surface area contributed by atoms with Gasteiger partial charge in [0.15, 0.2) is 0 Å². The molecular weight excluding hydrogens is 217 g/mol. The Morgan fingerprint density at radius 2 is 2.00 bits per heavy atom. The van der Waals surface area contributed by atoms with E-state index in [-0.39, 0.29) is 0 Å². The number of nitrogens with zero attached hydrogens (tertiary/aromatic N) is 1. The Kier molecular flexibility index (Phi) is 2.39. The first-order valence-electron chi connectivity index (χ1n) is 2.76. The molecule has 0 bridgehead atoms. The Bertz CT molecular complexity index is 205. The third-order valence-corrected chi connectivity index (χ3v) is 1.94. The number of pyridine rings is 1. The molecule has 2 radical (unpaired) electrons. The zero-order valence-electron chi connectivity index (χ0n) is 5.26. The molecule has 1 nitrogen and oxygen atoms in total. The van der Waals surface area contributed by atoms with E-state index in [1.807, 2.05) is 24.5 Å². The van der Waals surface area contributed by atoms with Gasteiger partial charge in [0.25, 0.3) is 0 Å². The molecular formula is C7H7NSn. The van der Waals surface area contributed by atoms with Gasteiger partial charge in [-0.15, -0.1) is 0 Å². The zero-order chi connectivity index (χ0) is 6.69. The predicted octanol–water partition coefficient (Wildman–Crippen LogP) is 0.790. The molecule has 2 heteroatoms. The molecule has 0 aliphatic rings. The third kappa shape index (κ3) is 1.90. The van der Waals surface area contributed by atoms with Crippen molar-refractivity contribution in [3.8, 4) is 0 Å². The zero-order valence-corrected chi connectivity index (χ0v) is 8.11. The quantitative estimate of drug-likeness (QED) is 0.642. The van der Waals surface area contributed by atoms with Crippen LogP contribution in [-0.4, -0.2) is 30.6 Å². The summed E-state index contributed by atoms with van der Waals surface area (Å²) in [5, 5.41) is 0. The van der Waals surface area contributed by atoms with Crippen LogP contribution in [0.4, 0.5) is 0 Å². The van der Waals surface area contributed by atoms with Crippen LogP contribution in [0.3, 0.4) is 0 Å². The summed E-state index contributed by atoms with van der Waals surface area (Å²) in [7, 11) is 0. The number of hydrogen-bond acceptors (Lipinski definition) is 1. The minimum atomic E-state index is 1.31. The van der Waals surface area contributed by atoms with Crippen molar-refractivity contribution in [2.45, 2.75) is 6.92 Å². The molecule has 0 fully saturated rings. The fraction of sp³-hybridized carbons (Fsp3) is 0.143. The van der Waals surface area contributed by atoms with Gasteiger partial charge in [0.1, 0.15) is 0 Å². The minimum absolute atomic E-state index is 1.31. The number of aromatic nitrogens is 1. The topological polar surface area (TPSA) is 12.9 Å². The summed E-state index contributed by atoms with van der Waals surface area (Å²) in [5.74, 6) is 0. The molecule has 0 aromatic carbocycles. The first-order chi connectivity index (χ1) is 4.30. The summed E-state index contributed by atoms with van der Waals surface area (Å²) >= 11 is 1.48. The summed E-state index contributed by atoms with van der Waals surface area (Å²) in [6.45, 7) is 2.13. The third-order valence-electron chi connectivity index (χ3n) is 1.11. The summed E-state index contributed by atoms with van der Waals surface area (Å²) in [6.07, 6.45) is 3.64. The van der Waals surface area contributed by atoms with Gasteiger partial charge in [-0.25, -0.2) is 0 Å². The average molecular weight is 224 g/mol. The van der Waals surface area contributed by atoms with Crippen LogP contribution in [0.15, 0.2) is 24.5 Å². The maximum absolute atomic E-state index is 3.92. The molecule has 44 valence electrons. The van der Waals surface area contributed by atoms with Gasteiger partial charge in [-0.3, -0.25) is 0 Å². The number of rotatable bonds is 1. The molecule has 0 aliphatic heterocycles. The van der Waals surface area contributed by atoms with Crippen molar-refractivity contribution in [2.75, 3.05) is 0 Å². The van der Waals surface area contributed by atoms with Crippen LogP contribution in [0.5, 0.6) is 0 Å². The van der Waals surface area contributed by atoms with E-state index in [1.165, 1.54) is 31.1 Å². The molecule has 0 amide bonds. The van der Waals surface area contributed by atoms with Crippen LogP contribution in [0.25, 0.3) is 0 Å². The average Bonchev–Trinajstić information content (AvgIpc) is 1.90. The van der Waals surface area contributed by atoms with E-state index in [0.717, 1.165) is 0 Å². The normalized spacial score (nSPS) is 9.00. The Labute approximate surface area is 67.7 Å². The van der Waals surface area contributed by atoms with Crippen molar-refractivity contribution >= 4 is 25.6 Å². The van der Waals surface area contributed by atoms with Crippen LogP contribution in [0.1, 0.15) is 12.5 Å². The predicted molar refractivity (Wildman–Crippen MR) is 39.8 cm³/mol. The molecule has 0 saturated heterocycles. The summed E-state index contributed by atoms with van der Waals surface area (Å²) in [5.41, 5.74) is 1.31. The van der Waals surface area contributed by atoms with Crippen molar-refractivity contribution in [1.29, 1.82) is 0 Å². The Hall–Kier alpha value is -0.181. The van der Waals surface area contributed by atoms with Gasteiger partial charge in [0.05, 0.1) is 0 Å². The van der Waals surface area contributed by atoms with E-state index >= 15 is 0 Å². The van der Waals surface area contributed by atoms with Gasteiger partial charge < -0.3 is 0 Å². The molecule has 0 spiro atoms. The van der Waals surface area contributed by atoms with Gasteiger partial charge in [-0.05, 0) is 0 Å². The molecule has 1 aromatic rings. The molecule has 1 rings (SSSR count). The SMILES string of the molecule is C[C](=[Sn])c1ccncc1. The summed E-state index contributed by atoms with van der Waals surface area (Å²) in [6, 6.07) is 4.06. The monoisotopic (exact) mass is 225 g/mol. The van der Waals surface area contributed by atoms with E-state index in [0.29, 0.717) is 0 Å². The summed E-state index contributed by atoms with van der Waals surface area (Å²) < 4.78 is 1.42. The second-order valence-corrected chi connectivity index (χ2v) is 4.00. The fourth-order valence-electron chi connectivity index (χ4n) is 0.602. The van der Waals surface area contributed by atoms with Crippen LogP contribution < -0.4 is 0 Å². The molecule has 0 saturated carbocycles. The molecule has 1 heterocycles. The van der Waals surface area contributed by atoms with Gasteiger partial charge in [-0.1, -0.05) is 0 Å². The second-order valence-electron chi connectivity index (χ2n) is 1.86. The van der Waals surface area contributed by atoms with E-state index in [2.05, 4.69) is 11.9 Å². The van der Waals surface area contributed by atoms with Crippen LogP contribution in [0, 0.1) is 0 Å². The molecule has 1 aromatic heterocycles. The van der Waals surface area contributed by atoms with E-state index < -0.39 is 0 Å². The van der Waals surface area contributed by atoms with Crippen molar-refractivity contribution in [1.82, 2.24) is 4.98 Å². The van der Waals surface area contributed by atoms with Crippen molar-refractivity contribution < 1.29 is 0 Å². The second kappa shape index (κ2) is 3.11. The molecule has 0 unspecified atom stereocenters. The molecule has 0 atom stereocenters. The Morgan fingerprint density at radius 1 is 1.44 bits per heavy atom. The van der Waals surface area contributed by atoms with Crippen molar-refractivity contribution in [2.24, 2.45) is 0 Å². The van der Waals surface area contributed by atoms with Crippen LogP contribution in [-0.2, 0) is 0 Å². The van der Waals surface area contributed by atoms with Crippen molar-refractivity contribution in [3.63, 3.8) is 0 Å². The molecule has 0 N–H and O–H groups in total. The van der Waals surface area contributed by atoms with Gasteiger partial charge >= 0.3 is 67.6 Å². The number of hydrogen-bond donors (Lipinski definition) is 0. The van der Waals surface area contributed by atoms with Crippen LogP contribution in [0.2, 0.25) is 0 Å². The summed E-state index contributed by atoms with van der Waals surface area (Å²) in [4.78, 5) is 3.92. The van der Waals surface area contributed by atoms with Crippen molar-refractivity contribution in [3.05, 3.63) is 30.1 Å². The first-order valence-corrected chi connectivity index (χ1v) is 4.19. The van der Waals surface area contributed by atoms with E-state index in [1.54, 1.807) is 0 Å². The van der Waals surface area contributed by atoms with Gasteiger partial charge in [0.2, 0.25) is 0 Å². The van der Waals surface area contributed by atoms with Crippen LogP contribution >= 0.6 is 0 Å². The Balaban J connectivity index is 2.98. The van der Waals surface area contributed by atoms with E-state index in [9.17, 15) is 0 Å². The fourth-order valence-corrected chi connectivity index (χ4v) is 1.08. The Morgan fingerprint density at radius 3 is 2.33 bits per heavy atom. The molecule has 9 heavy (non-hydrogen) atoms. The van der Waals surface area contributed by atoms with Gasteiger partial charge in [0, 0.05) is 0 Å². The molecule has 0 aliphatic carbocycles. The maximum atomic E-state index is 3.92. The standard InChI is InChI=1S/C7H7N.Sn/c1-2-7-3-5-8-6-4-7;/h3-6H,1H3;.